The van der Waals surface area contributed by atoms with Gasteiger partial charge in [-0.15, -0.1) is 0 Å². The third-order valence-electron chi connectivity index (χ3n) is 8.20. The Labute approximate surface area is 274 Å². The van der Waals surface area contributed by atoms with Crippen LogP contribution in [0.1, 0.15) is 84.3 Å². The molecule has 252 valence electrons. The van der Waals surface area contributed by atoms with Crippen LogP contribution in [-0.2, 0) is 19.1 Å². The van der Waals surface area contributed by atoms with Crippen LogP contribution in [0.4, 0.5) is 0 Å². The number of carbonyl (C=O) groups excluding carboxylic acids is 5. The van der Waals surface area contributed by atoms with E-state index in [0.717, 1.165) is 17.5 Å². The SMILES string of the molecule is CCOc1cccc2[nH]c(C(=O)N[C@@H](CC(C)C)C(=O)N[C@@H](C[C@@H]3CCCNC3=O)C(=O)COC(=O)c3c(C)cc(C)nc3C)cc12. The Kier molecular flexibility index (Phi) is 11.7. The predicted octanol–water partition coefficient (Wildman–Crippen LogP) is 3.86. The lowest BCUT2D eigenvalue weighted by atomic mass is 9.90. The second kappa shape index (κ2) is 15.7. The first kappa shape index (κ1) is 35.1. The van der Waals surface area contributed by atoms with E-state index in [-0.39, 0.29) is 29.5 Å². The number of rotatable bonds is 14. The van der Waals surface area contributed by atoms with Gasteiger partial charge in [-0.1, -0.05) is 19.9 Å². The lowest BCUT2D eigenvalue weighted by molar-refractivity contribution is -0.133. The number of nitrogens with zero attached hydrogens (tertiary/aromatic N) is 1. The Morgan fingerprint density at radius 3 is 2.51 bits per heavy atom. The highest BCUT2D eigenvalue weighted by molar-refractivity contribution is 6.02. The normalized spacial score (nSPS) is 15.9. The molecule has 0 unspecified atom stereocenters. The van der Waals surface area contributed by atoms with E-state index in [9.17, 15) is 24.0 Å². The molecular formula is C35H45N5O7. The number of benzene rings is 1. The number of ether oxygens (including phenoxy) is 2. The number of piperidine rings is 1. The summed E-state index contributed by atoms with van der Waals surface area (Å²) < 4.78 is 11.1. The summed E-state index contributed by atoms with van der Waals surface area (Å²) in [5, 5.41) is 9.14. The van der Waals surface area contributed by atoms with Gasteiger partial charge in [-0.2, -0.15) is 0 Å². The van der Waals surface area contributed by atoms with Crippen molar-refractivity contribution in [2.75, 3.05) is 19.8 Å². The molecule has 12 heteroatoms. The fourth-order valence-electron chi connectivity index (χ4n) is 6.00. The average Bonchev–Trinajstić information content (AvgIpc) is 3.45. The number of hydrogen-bond acceptors (Lipinski definition) is 8. The summed E-state index contributed by atoms with van der Waals surface area (Å²) in [5.41, 5.74) is 3.16. The molecule has 3 atom stereocenters. The van der Waals surface area contributed by atoms with E-state index >= 15 is 0 Å². The van der Waals surface area contributed by atoms with Crippen LogP contribution in [0.15, 0.2) is 30.3 Å². The van der Waals surface area contributed by atoms with Gasteiger partial charge in [0.2, 0.25) is 11.8 Å². The molecule has 12 nitrogen and oxygen atoms in total. The summed E-state index contributed by atoms with van der Waals surface area (Å²) in [6.07, 6.45) is 1.61. The van der Waals surface area contributed by atoms with E-state index in [2.05, 4.69) is 25.9 Å². The standard InChI is InChI=1S/C35H45N5O7/c1-7-46-30-12-8-11-25-24(30)17-28(38-25)34(44)40-27(14-19(2)3)33(43)39-26(16-23-10-9-13-36-32(23)42)29(41)18-47-35(45)31-20(4)15-21(5)37-22(31)6/h8,11-12,15,17,19,23,26-27,38H,7,9-10,13-14,16,18H2,1-6H3,(H,36,42)(H,39,43)(H,40,44)/t23-,26-,27-/m0/s1. The third kappa shape index (κ3) is 8.96. The van der Waals surface area contributed by atoms with Crippen LogP contribution in [0.25, 0.3) is 10.9 Å². The zero-order valence-corrected chi connectivity index (χ0v) is 28.0. The second-order valence-electron chi connectivity index (χ2n) is 12.5. The van der Waals surface area contributed by atoms with Crippen LogP contribution < -0.4 is 20.7 Å². The minimum Gasteiger partial charge on any atom is -0.493 e. The molecule has 0 saturated carbocycles. The van der Waals surface area contributed by atoms with Crippen molar-refractivity contribution in [2.24, 2.45) is 11.8 Å². The quantitative estimate of drug-likeness (QED) is 0.191. The number of aromatic nitrogens is 2. The van der Waals surface area contributed by atoms with Crippen molar-refractivity contribution in [1.29, 1.82) is 0 Å². The van der Waals surface area contributed by atoms with E-state index in [1.54, 1.807) is 26.0 Å². The summed E-state index contributed by atoms with van der Waals surface area (Å²) in [5.74, 6) is -2.38. The van der Waals surface area contributed by atoms with Crippen molar-refractivity contribution in [3.8, 4) is 5.75 Å². The molecule has 3 amide bonds. The molecular weight excluding hydrogens is 602 g/mol. The Balaban J connectivity index is 1.51. The molecule has 1 saturated heterocycles. The fraction of sp³-hybridized carbons (Fsp3) is 0.486. The Morgan fingerprint density at radius 1 is 1.06 bits per heavy atom. The number of carbonyl (C=O) groups is 5. The highest BCUT2D eigenvalue weighted by atomic mass is 16.5. The maximum Gasteiger partial charge on any atom is 0.340 e. The molecule has 3 heterocycles. The maximum absolute atomic E-state index is 13.8. The Hall–Kier alpha value is -4.74. The molecule has 1 aromatic carbocycles. The summed E-state index contributed by atoms with van der Waals surface area (Å²) in [7, 11) is 0. The van der Waals surface area contributed by atoms with Crippen LogP contribution in [-0.4, -0.2) is 71.3 Å². The molecule has 1 aliphatic heterocycles. The predicted molar refractivity (Wildman–Crippen MR) is 176 cm³/mol. The van der Waals surface area contributed by atoms with Crippen molar-refractivity contribution in [1.82, 2.24) is 25.9 Å². The molecule has 0 radical (unpaired) electrons. The summed E-state index contributed by atoms with van der Waals surface area (Å²) >= 11 is 0. The Morgan fingerprint density at radius 2 is 1.83 bits per heavy atom. The zero-order valence-electron chi connectivity index (χ0n) is 28.0. The number of amides is 3. The molecule has 0 bridgehead atoms. The van der Waals surface area contributed by atoms with E-state index in [4.69, 9.17) is 9.47 Å². The molecule has 1 fully saturated rings. The molecule has 2 aromatic heterocycles. The van der Waals surface area contributed by atoms with E-state index in [1.807, 2.05) is 45.9 Å². The van der Waals surface area contributed by atoms with Gasteiger partial charge in [0.1, 0.15) is 17.5 Å². The number of esters is 1. The van der Waals surface area contributed by atoms with E-state index < -0.39 is 48.2 Å². The number of Topliss-reactive ketones (excluding diaryl/α,β-unsaturated/α-hetero) is 1. The number of nitrogens with one attached hydrogen (secondary N) is 4. The van der Waals surface area contributed by atoms with Crippen LogP contribution >= 0.6 is 0 Å². The topological polar surface area (TPSA) is 169 Å². The maximum atomic E-state index is 13.8. The lowest BCUT2D eigenvalue weighted by Gasteiger charge is -2.28. The number of hydrogen-bond donors (Lipinski definition) is 4. The highest BCUT2D eigenvalue weighted by Crippen LogP contribution is 2.27. The number of aryl methyl sites for hydroxylation is 3. The van der Waals surface area contributed by atoms with Gasteiger partial charge < -0.3 is 30.4 Å². The van der Waals surface area contributed by atoms with Crippen LogP contribution in [0.5, 0.6) is 5.75 Å². The number of fused-ring (bicyclic) bond motifs is 1. The van der Waals surface area contributed by atoms with Crippen LogP contribution in [0.3, 0.4) is 0 Å². The Bertz CT molecular complexity index is 1620. The van der Waals surface area contributed by atoms with Crippen molar-refractivity contribution in [3.05, 3.63) is 58.5 Å². The molecule has 3 aromatic rings. The monoisotopic (exact) mass is 647 g/mol. The first-order valence-electron chi connectivity index (χ1n) is 16.2. The summed E-state index contributed by atoms with van der Waals surface area (Å²) in [4.78, 5) is 73.7. The van der Waals surface area contributed by atoms with Gasteiger partial charge in [-0.3, -0.25) is 24.2 Å². The minimum absolute atomic E-state index is 0.0205. The second-order valence-corrected chi connectivity index (χ2v) is 12.5. The smallest absolute Gasteiger partial charge is 0.340 e. The molecule has 0 spiro atoms. The van der Waals surface area contributed by atoms with E-state index in [1.165, 1.54) is 0 Å². The van der Waals surface area contributed by atoms with Crippen LogP contribution in [0.2, 0.25) is 0 Å². The molecule has 4 rings (SSSR count). The van der Waals surface area contributed by atoms with Gasteiger partial charge in [-0.25, -0.2) is 4.79 Å². The molecule has 47 heavy (non-hydrogen) atoms. The number of H-pyrrole nitrogens is 1. The van der Waals surface area contributed by atoms with Gasteiger partial charge >= 0.3 is 5.97 Å². The minimum atomic E-state index is -1.13. The number of pyridine rings is 1. The third-order valence-corrected chi connectivity index (χ3v) is 8.20. The summed E-state index contributed by atoms with van der Waals surface area (Å²) in [6, 6.07) is 6.79. The van der Waals surface area contributed by atoms with Gasteiger partial charge in [0.25, 0.3) is 5.91 Å². The fourth-order valence-corrected chi connectivity index (χ4v) is 6.00. The van der Waals surface area contributed by atoms with Crippen molar-refractivity contribution >= 4 is 40.4 Å². The van der Waals surface area contributed by atoms with Gasteiger partial charge in [0.05, 0.1) is 23.9 Å². The number of aromatic amines is 1. The average molecular weight is 648 g/mol. The van der Waals surface area contributed by atoms with Gasteiger partial charge in [-0.05, 0) is 89.1 Å². The zero-order chi connectivity index (χ0) is 34.2. The highest BCUT2D eigenvalue weighted by Gasteiger charge is 2.33. The first-order chi connectivity index (χ1) is 22.4. The largest absolute Gasteiger partial charge is 0.493 e. The van der Waals surface area contributed by atoms with Crippen LogP contribution in [0, 0.1) is 32.6 Å². The van der Waals surface area contributed by atoms with E-state index in [0.29, 0.717) is 48.5 Å². The van der Waals surface area contributed by atoms with Crippen molar-refractivity contribution < 1.29 is 33.4 Å². The van der Waals surface area contributed by atoms with Gasteiger partial charge in [0.15, 0.2) is 12.4 Å². The summed E-state index contributed by atoms with van der Waals surface area (Å²) in [6.45, 7) is 11.4. The number of ketones is 1. The van der Waals surface area contributed by atoms with Crippen molar-refractivity contribution in [3.63, 3.8) is 0 Å². The molecule has 1 aliphatic rings. The first-order valence-corrected chi connectivity index (χ1v) is 16.2. The molecule has 0 aliphatic carbocycles. The molecule has 4 N–H and O–H groups in total. The van der Waals surface area contributed by atoms with Gasteiger partial charge in [0, 0.05) is 29.1 Å². The van der Waals surface area contributed by atoms with Crippen molar-refractivity contribution in [2.45, 2.75) is 79.3 Å². The lowest BCUT2D eigenvalue weighted by Crippen LogP contribution is -2.54.